The Morgan fingerprint density at radius 1 is 1.13 bits per heavy atom. The molecule has 1 unspecified atom stereocenters. The second-order valence-electron chi connectivity index (χ2n) is 8.62. The summed E-state index contributed by atoms with van der Waals surface area (Å²) in [5, 5.41) is 11.7. The highest BCUT2D eigenvalue weighted by Crippen LogP contribution is 2.28. The van der Waals surface area contributed by atoms with Crippen LogP contribution in [0.15, 0.2) is 24.3 Å². The van der Waals surface area contributed by atoms with Crippen LogP contribution in [0.5, 0.6) is 0 Å². The lowest BCUT2D eigenvalue weighted by Crippen LogP contribution is -2.42. The van der Waals surface area contributed by atoms with Crippen LogP contribution in [0.3, 0.4) is 0 Å². The second kappa shape index (κ2) is 7.84. The fraction of sp³-hybridized carbons (Fsp3) is 0.429. The van der Waals surface area contributed by atoms with Crippen LogP contribution in [0.25, 0.3) is 0 Å². The molecule has 2 aliphatic heterocycles. The smallest absolute Gasteiger partial charge is 0.261 e. The molecule has 0 saturated carbocycles. The Kier molecular flexibility index (Phi) is 5.34. The molecule has 0 aliphatic carbocycles. The highest BCUT2D eigenvalue weighted by molar-refractivity contribution is 7.15. The van der Waals surface area contributed by atoms with Crippen molar-refractivity contribution in [1.82, 2.24) is 20.0 Å². The summed E-state index contributed by atoms with van der Waals surface area (Å²) in [6.45, 7) is 6.38. The number of amides is 4. The molecule has 0 radical (unpaired) electrons. The third-order valence-electron chi connectivity index (χ3n) is 5.43. The molecular weight excluding hydrogens is 418 g/mol. The maximum Gasteiger partial charge on any atom is 0.261 e. The summed E-state index contributed by atoms with van der Waals surface area (Å²) in [4.78, 5) is 52.6. The lowest BCUT2D eigenvalue weighted by Gasteiger charge is -2.31. The number of hydrogen-bond donors (Lipinski definition) is 1. The molecular formula is C21H23N5O4S. The fourth-order valence-electron chi connectivity index (χ4n) is 3.79. The Bertz CT molecular complexity index is 1040. The van der Waals surface area contributed by atoms with Crippen molar-refractivity contribution in [2.24, 2.45) is 5.92 Å². The average Bonchev–Trinajstić information content (AvgIpc) is 3.39. The van der Waals surface area contributed by atoms with Gasteiger partial charge in [-0.15, -0.1) is 10.2 Å². The van der Waals surface area contributed by atoms with E-state index in [2.05, 4.69) is 15.5 Å². The fourth-order valence-corrected chi connectivity index (χ4v) is 4.53. The van der Waals surface area contributed by atoms with Gasteiger partial charge >= 0.3 is 0 Å². The number of imide groups is 1. The van der Waals surface area contributed by atoms with Gasteiger partial charge in [0.1, 0.15) is 5.01 Å². The first-order valence-corrected chi connectivity index (χ1v) is 10.9. The summed E-state index contributed by atoms with van der Waals surface area (Å²) < 4.78 is 0. The van der Waals surface area contributed by atoms with Crippen molar-refractivity contribution < 1.29 is 19.2 Å². The van der Waals surface area contributed by atoms with Gasteiger partial charge in [0.05, 0.1) is 17.0 Å². The van der Waals surface area contributed by atoms with Crippen LogP contribution in [-0.4, -0.2) is 62.3 Å². The van der Waals surface area contributed by atoms with Crippen molar-refractivity contribution >= 4 is 40.1 Å². The number of hydrogen-bond acceptors (Lipinski definition) is 7. The first-order chi connectivity index (χ1) is 14.6. The van der Waals surface area contributed by atoms with Gasteiger partial charge in [-0.05, 0) is 32.9 Å². The largest absolute Gasteiger partial charge is 0.337 e. The molecule has 0 spiro atoms. The second-order valence-corrected chi connectivity index (χ2v) is 9.69. The molecule has 9 nitrogen and oxygen atoms in total. The molecule has 1 N–H and O–H groups in total. The zero-order chi connectivity index (χ0) is 22.3. The molecule has 1 saturated heterocycles. The Labute approximate surface area is 183 Å². The van der Waals surface area contributed by atoms with E-state index in [1.807, 2.05) is 20.8 Å². The molecule has 3 heterocycles. The maximum atomic E-state index is 12.6. The molecule has 2 aliphatic rings. The molecule has 0 bridgehead atoms. The molecule has 1 atom stereocenters. The highest BCUT2D eigenvalue weighted by atomic mass is 32.1. The van der Waals surface area contributed by atoms with Gasteiger partial charge < -0.3 is 10.2 Å². The standard InChI is InChI=1S/C21H23N5O4S/c1-21(2,3)26-11-12(10-16(26)27)17(28)22-20-24-23-15(31-20)8-9-25-18(29)13-6-4-5-7-14(13)19(25)30/h4-7,12H,8-11H2,1-3H3,(H,22,24,28). The van der Waals surface area contributed by atoms with Gasteiger partial charge in [-0.3, -0.25) is 24.1 Å². The van der Waals surface area contributed by atoms with E-state index < -0.39 is 5.92 Å². The molecule has 31 heavy (non-hydrogen) atoms. The monoisotopic (exact) mass is 441 g/mol. The molecule has 1 fully saturated rings. The van der Waals surface area contributed by atoms with E-state index in [4.69, 9.17) is 0 Å². The van der Waals surface area contributed by atoms with Crippen LogP contribution in [0, 0.1) is 5.92 Å². The van der Waals surface area contributed by atoms with E-state index in [0.29, 0.717) is 34.2 Å². The van der Waals surface area contributed by atoms with Crippen LogP contribution in [0.1, 0.15) is 52.9 Å². The number of rotatable bonds is 5. The van der Waals surface area contributed by atoms with E-state index in [1.54, 1.807) is 29.2 Å². The predicted octanol–water partition coefficient (Wildman–Crippen LogP) is 1.96. The first-order valence-electron chi connectivity index (χ1n) is 10.0. The van der Waals surface area contributed by atoms with E-state index in [9.17, 15) is 19.2 Å². The number of likely N-dealkylation sites (tertiary alicyclic amines) is 1. The Morgan fingerprint density at radius 3 is 2.35 bits per heavy atom. The van der Waals surface area contributed by atoms with Gasteiger partial charge in [-0.25, -0.2) is 0 Å². The number of nitrogens with zero attached hydrogens (tertiary/aromatic N) is 4. The number of carbonyl (C=O) groups excluding carboxylic acids is 4. The lowest BCUT2D eigenvalue weighted by atomic mass is 10.1. The summed E-state index contributed by atoms with van der Waals surface area (Å²) in [6, 6.07) is 6.74. The number of carbonyl (C=O) groups is 4. The Morgan fingerprint density at radius 2 is 1.77 bits per heavy atom. The van der Waals surface area contributed by atoms with Crippen molar-refractivity contribution in [3.8, 4) is 0 Å². The quantitative estimate of drug-likeness (QED) is 0.710. The summed E-state index contributed by atoms with van der Waals surface area (Å²) in [7, 11) is 0. The topological polar surface area (TPSA) is 113 Å². The minimum Gasteiger partial charge on any atom is -0.337 e. The number of fused-ring (bicyclic) bond motifs is 1. The van der Waals surface area contributed by atoms with Gasteiger partial charge in [-0.2, -0.15) is 0 Å². The Hall–Kier alpha value is -3.14. The first kappa shape index (κ1) is 21.1. The third-order valence-corrected chi connectivity index (χ3v) is 6.33. The third kappa shape index (κ3) is 4.07. The maximum absolute atomic E-state index is 12.6. The number of aromatic nitrogens is 2. The molecule has 162 valence electrons. The lowest BCUT2D eigenvalue weighted by molar-refractivity contribution is -0.131. The van der Waals surface area contributed by atoms with Gasteiger partial charge in [0.25, 0.3) is 11.8 Å². The van der Waals surface area contributed by atoms with Gasteiger partial charge in [-0.1, -0.05) is 23.5 Å². The number of anilines is 1. The van der Waals surface area contributed by atoms with Crippen LogP contribution in [0.2, 0.25) is 0 Å². The van der Waals surface area contributed by atoms with Crippen LogP contribution >= 0.6 is 11.3 Å². The Balaban J connectivity index is 1.33. The van der Waals surface area contributed by atoms with Crippen molar-refractivity contribution in [2.75, 3.05) is 18.4 Å². The number of benzene rings is 1. The van der Waals surface area contributed by atoms with Crippen molar-refractivity contribution in [3.05, 3.63) is 40.4 Å². The summed E-state index contributed by atoms with van der Waals surface area (Å²) >= 11 is 1.19. The number of nitrogens with one attached hydrogen (secondary N) is 1. The summed E-state index contributed by atoms with van der Waals surface area (Å²) in [5.41, 5.74) is 0.493. The normalized spacial score (nSPS) is 18.7. The molecule has 1 aromatic carbocycles. The predicted molar refractivity (Wildman–Crippen MR) is 114 cm³/mol. The molecule has 4 amide bonds. The summed E-state index contributed by atoms with van der Waals surface area (Å²) in [6.07, 6.45) is 0.521. The van der Waals surface area contributed by atoms with Crippen molar-refractivity contribution in [2.45, 2.75) is 39.2 Å². The van der Waals surface area contributed by atoms with E-state index in [0.717, 1.165) is 0 Å². The van der Waals surface area contributed by atoms with Gasteiger partial charge in [0.15, 0.2) is 0 Å². The molecule has 4 rings (SSSR count). The SMILES string of the molecule is CC(C)(C)N1CC(C(=O)Nc2nnc(CCN3C(=O)c4ccccc4C3=O)s2)CC1=O. The molecule has 1 aromatic heterocycles. The van der Waals surface area contributed by atoms with Gasteiger partial charge in [0.2, 0.25) is 16.9 Å². The minimum atomic E-state index is -0.433. The van der Waals surface area contributed by atoms with Crippen molar-refractivity contribution in [1.29, 1.82) is 0 Å². The van der Waals surface area contributed by atoms with E-state index >= 15 is 0 Å². The van der Waals surface area contributed by atoms with Crippen LogP contribution < -0.4 is 5.32 Å². The molecule has 10 heteroatoms. The zero-order valence-electron chi connectivity index (χ0n) is 17.5. The van der Waals surface area contributed by atoms with Crippen LogP contribution in [-0.2, 0) is 16.0 Å². The van der Waals surface area contributed by atoms with Crippen molar-refractivity contribution in [3.63, 3.8) is 0 Å². The average molecular weight is 442 g/mol. The van der Waals surface area contributed by atoms with Crippen LogP contribution in [0.4, 0.5) is 5.13 Å². The minimum absolute atomic E-state index is 0.0356. The highest BCUT2D eigenvalue weighted by Gasteiger charge is 2.39. The van der Waals surface area contributed by atoms with E-state index in [1.165, 1.54) is 16.2 Å². The van der Waals surface area contributed by atoms with E-state index in [-0.39, 0.29) is 42.1 Å². The molecule has 2 aromatic rings. The van der Waals surface area contributed by atoms with Gasteiger partial charge in [0, 0.05) is 31.5 Å². The zero-order valence-corrected chi connectivity index (χ0v) is 18.4. The summed E-state index contributed by atoms with van der Waals surface area (Å²) in [5.74, 6) is -1.35.